The zero-order valence-corrected chi connectivity index (χ0v) is 13.1. The molecular weight excluding hydrogens is 266 g/mol. The maximum absolute atomic E-state index is 12.5. The van der Waals surface area contributed by atoms with Gasteiger partial charge in [0, 0.05) is 19.6 Å². The van der Waals surface area contributed by atoms with E-state index in [1.54, 1.807) is 7.11 Å². The Labute approximate surface area is 126 Å². The van der Waals surface area contributed by atoms with Crippen molar-refractivity contribution < 1.29 is 9.53 Å². The molecule has 1 heterocycles. The van der Waals surface area contributed by atoms with Crippen LogP contribution in [0.4, 0.5) is 0 Å². The van der Waals surface area contributed by atoms with Gasteiger partial charge in [0.25, 0.3) is 0 Å². The van der Waals surface area contributed by atoms with Crippen LogP contribution in [-0.4, -0.2) is 50.6 Å². The van der Waals surface area contributed by atoms with Gasteiger partial charge in [-0.3, -0.25) is 4.79 Å². The number of benzene rings is 1. The fraction of sp³-hybridized carbons (Fsp3) is 0.562. The van der Waals surface area contributed by atoms with Gasteiger partial charge in [0.1, 0.15) is 11.3 Å². The van der Waals surface area contributed by atoms with Crippen molar-refractivity contribution in [2.24, 2.45) is 0 Å². The lowest BCUT2D eigenvalue weighted by Crippen LogP contribution is -2.60. The van der Waals surface area contributed by atoms with Gasteiger partial charge in [-0.1, -0.05) is 12.1 Å². The van der Waals surface area contributed by atoms with Crippen LogP contribution < -0.4 is 15.4 Å². The number of carbonyl (C=O) groups is 1. The minimum absolute atomic E-state index is 0.0916. The third-order valence-electron chi connectivity index (χ3n) is 4.37. The van der Waals surface area contributed by atoms with Crippen molar-refractivity contribution in [2.75, 3.05) is 34.3 Å². The number of rotatable bonds is 5. The molecule has 1 aromatic rings. The maximum atomic E-state index is 12.5. The number of amides is 1. The zero-order chi connectivity index (χ0) is 15.3. The first-order chi connectivity index (χ1) is 10.1. The van der Waals surface area contributed by atoms with Gasteiger partial charge >= 0.3 is 0 Å². The summed E-state index contributed by atoms with van der Waals surface area (Å²) >= 11 is 0. The largest absolute Gasteiger partial charge is 0.497 e. The van der Waals surface area contributed by atoms with E-state index >= 15 is 0 Å². The van der Waals surface area contributed by atoms with E-state index in [-0.39, 0.29) is 5.91 Å². The molecule has 1 aliphatic heterocycles. The smallest absolute Gasteiger partial charge is 0.240 e. The predicted octanol–water partition coefficient (Wildman–Crippen LogP) is 0.995. The Hall–Kier alpha value is -1.59. The number of carbonyl (C=O) groups excluding carboxylic acids is 1. The molecule has 1 fully saturated rings. The number of methoxy groups -OCH3 is 1. The van der Waals surface area contributed by atoms with Gasteiger partial charge in [0.15, 0.2) is 0 Å². The highest BCUT2D eigenvalue weighted by molar-refractivity contribution is 5.86. The number of hydrogen-bond acceptors (Lipinski definition) is 4. The highest BCUT2D eigenvalue weighted by atomic mass is 16.5. The van der Waals surface area contributed by atoms with E-state index < -0.39 is 5.54 Å². The maximum Gasteiger partial charge on any atom is 0.240 e. The Morgan fingerprint density at radius 1 is 1.29 bits per heavy atom. The standard InChI is InChI=1S/C16H25N3O2/c1-17-16(8-10-19(2)11-9-16)15(20)18-12-13-4-6-14(21-3)7-5-13/h4-7,17H,8-12H2,1-3H3,(H,18,20). The highest BCUT2D eigenvalue weighted by Crippen LogP contribution is 2.21. The summed E-state index contributed by atoms with van der Waals surface area (Å²) in [5.41, 5.74) is 0.641. The number of ether oxygens (including phenoxy) is 1. The molecule has 0 spiro atoms. The van der Waals surface area contributed by atoms with E-state index in [0.717, 1.165) is 37.2 Å². The van der Waals surface area contributed by atoms with E-state index in [2.05, 4.69) is 22.6 Å². The fourth-order valence-corrected chi connectivity index (χ4v) is 2.69. The Bertz CT molecular complexity index is 465. The average molecular weight is 291 g/mol. The Morgan fingerprint density at radius 3 is 2.43 bits per heavy atom. The van der Waals surface area contributed by atoms with Crippen LogP contribution in [0, 0.1) is 0 Å². The van der Waals surface area contributed by atoms with Crippen molar-refractivity contribution in [1.29, 1.82) is 0 Å². The SMILES string of the molecule is CNC1(C(=O)NCc2ccc(OC)cc2)CCN(C)CC1. The quantitative estimate of drug-likeness (QED) is 0.850. The molecule has 0 radical (unpaired) electrons. The highest BCUT2D eigenvalue weighted by Gasteiger charge is 2.38. The number of likely N-dealkylation sites (tertiary alicyclic amines) is 1. The summed E-state index contributed by atoms with van der Waals surface area (Å²) in [6.07, 6.45) is 1.68. The summed E-state index contributed by atoms with van der Waals surface area (Å²) in [4.78, 5) is 14.8. The van der Waals surface area contributed by atoms with Crippen LogP contribution in [0.1, 0.15) is 18.4 Å². The van der Waals surface area contributed by atoms with Crippen molar-refractivity contribution in [3.8, 4) is 5.75 Å². The van der Waals surface area contributed by atoms with Gasteiger partial charge in [0.05, 0.1) is 7.11 Å². The predicted molar refractivity (Wildman–Crippen MR) is 83.4 cm³/mol. The molecule has 1 amide bonds. The van der Waals surface area contributed by atoms with Crippen molar-refractivity contribution in [3.63, 3.8) is 0 Å². The summed E-state index contributed by atoms with van der Waals surface area (Å²) < 4.78 is 5.13. The van der Waals surface area contributed by atoms with Crippen LogP contribution in [0.2, 0.25) is 0 Å². The molecule has 2 N–H and O–H groups in total. The van der Waals surface area contributed by atoms with Crippen LogP contribution in [0.25, 0.3) is 0 Å². The average Bonchev–Trinajstić information content (AvgIpc) is 2.54. The summed E-state index contributed by atoms with van der Waals surface area (Å²) in [5.74, 6) is 0.918. The number of hydrogen-bond donors (Lipinski definition) is 2. The van der Waals surface area contributed by atoms with E-state index in [1.165, 1.54) is 0 Å². The molecule has 0 bridgehead atoms. The van der Waals surface area contributed by atoms with Gasteiger partial charge < -0.3 is 20.3 Å². The van der Waals surface area contributed by atoms with Gasteiger partial charge in [-0.15, -0.1) is 0 Å². The molecule has 5 nitrogen and oxygen atoms in total. The third-order valence-corrected chi connectivity index (χ3v) is 4.37. The normalized spacial score (nSPS) is 18.2. The first kappa shape index (κ1) is 15.8. The molecule has 0 aliphatic carbocycles. The minimum atomic E-state index is -0.432. The van der Waals surface area contributed by atoms with E-state index in [1.807, 2.05) is 31.3 Å². The van der Waals surface area contributed by atoms with Crippen LogP contribution in [0.5, 0.6) is 5.75 Å². The molecule has 2 rings (SSSR count). The van der Waals surface area contributed by atoms with Crippen LogP contribution in [0.15, 0.2) is 24.3 Å². The molecule has 0 saturated carbocycles. The molecule has 0 atom stereocenters. The molecule has 5 heteroatoms. The molecule has 0 unspecified atom stereocenters. The zero-order valence-electron chi connectivity index (χ0n) is 13.1. The summed E-state index contributed by atoms with van der Waals surface area (Å²) in [7, 11) is 5.61. The Balaban J connectivity index is 1.93. The Morgan fingerprint density at radius 2 is 1.90 bits per heavy atom. The van der Waals surface area contributed by atoms with Crippen molar-refractivity contribution in [1.82, 2.24) is 15.5 Å². The lowest BCUT2D eigenvalue weighted by Gasteiger charge is -2.39. The van der Waals surface area contributed by atoms with Crippen LogP contribution in [-0.2, 0) is 11.3 Å². The molecule has 1 aromatic carbocycles. The first-order valence-electron chi connectivity index (χ1n) is 7.38. The van der Waals surface area contributed by atoms with Crippen LogP contribution in [0.3, 0.4) is 0 Å². The minimum Gasteiger partial charge on any atom is -0.497 e. The van der Waals surface area contributed by atoms with E-state index in [9.17, 15) is 4.79 Å². The lowest BCUT2D eigenvalue weighted by atomic mass is 9.86. The second kappa shape index (κ2) is 6.91. The topological polar surface area (TPSA) is 53.6 Å². The van der Waals surface area contributed by atoms with Gasteiger partial charge in [-0.05, 0) is 44.6 Å². The number of nitrogens with zero attached hydrogens (tertiary/aromatic N) is 1. The second-order valence-corrected chi connectivity index (χ2v) is 5.67. The van der Waals surface area contributed by atoms with Gasteiger partial charge in [-0.25, -0.2) is 0 Å². The monoisotopic (exact) mass is 291 g/mol. The van der Waals surface area contributed by atoms with Gasteiger partial charge in [0.2, 0.25) is 5.91 Å². The van der Waals surface area contributed by atoms with E-state index in [0.29, 0.717) is 6.54 Å². The van der Waals surface area contributed by atoms with E-state index in [4.69, 9.17) is 4.74 Å². The summed E-state index contributed by atoms with van der Waals surface area (Å²) in [6, 6.07) is 7.76. The van der Waals surface area contributed by atoms with Crippen molar-refractivity contribution >= 4 is 5.91 Å². The molecule has 1 aliphatic rings. The second-order valence-electron chi connectivity index (χ2n) is 5.67. The fourth-order valence-electron chi connectivity index (χ4n) is 2.69. The molecule has 21 heavy (non-hydrogen) atoms. The third kappa shape index (κ3) is 3.74. The summed E-state index contributed by atoms with van der Waals surface area (Å²) in [6.45, 7) is 2.43. The molecule has 0 aromatic heterocycles. The number of likely N-dealkylation sites (N-methyl/N-ethyl adjacent to an activating group) is 1. The lowest BCUT2D eigenvalue weighted by molar-refractivity contribution is -0.129. The molecule has 1 saturated heterocycles. The molecule has 116 valence electrons. The number of nitrogens with one attached hydrogen (secondary N) is 2. The van der Waals surface area contributed by atoms with Crippen LogP contribution >= 0.6 is 0 Å². The number of piperidine rings is 1. The first-order valence-corrected chi connectivity index (χ1v) is 7.38. The molecular formula is C16H25N3O2. The van der Waals surface area contributed by atoms with Crippen molar-refractivity contribution in [3.05, 3.63) is 29.8 Å². The van der Waals surface area contributed by atoms with Gasteiger partial charge in [-0.2, -0.15) is 0 Å². The summed E-state index contributed by atoms with van der Waals surface area (Å²) in [5, 5.41) is 6.29. The van der Waals surface area contributed by atoms with Crippen molar-refractivity contribution in [2.45, 2.75) is 24.9 Å². The Kier molecular flexibility index (Phi) is 5.20.